The van der Waals surface area contributed by atoms with Crippen molar-refractivity contribution in [1.29, 1.82) is 0 Å². The van der Waals surface area contributed by atoms with E-state index in [-0.39, 0.29) is 0 Å². The Hall–Kier alpha value is -2.00. The highest BCUT2D eigenvalue weighted by Crippen LogP contribution is 2.23. The molecule has 1 aromatic heterocycles. The lowest BCUT2D eigenvalue weighted by atomic mass is 10.1. The molecular weight excluding hydrogens is 296 g/mol. The van der Waals surface area contributed by atoms with Crippen molar-refractivity contribution in [3.05, 3.63) is 58.9 Å². The van der Waals surface area contributed by atoms with Crippen molar-refractivity contribution in [2.45, 2.75) is 26.8 Å². The maximum Gasteiger partial charge on any atom is 0.137 e. The molecular formula is C18H19ClN2O. The number of fused-ring (bicyclic) bond motifs is 1. The van der Waals surface area contributed by atoms with Crippen LogP contribution in [0.2, 0.25) is 5.02 Å². The summed E-state index contributed by atoms with van der Waals surface area (Å²) in [6.07, 6.45) is 2.81. The van der Waals surface area contributed by atoms with Crippen LogP contribution in [0.3, 0.4) is 0 Å². The minimum atomic E-state index is 0.633. The number of ether oxygens (including phenoxy) is 1. The number of benzene rings is 2. The maximum atomic E-state index is 6.07. The van der Waals surface area contributed by atoms with Gasteiger partial charge in [0, 0.05) is 6.54 Å². The number of para-hydroxylation sites is 1. The molecule has 2 aromatic carbocycles. The molecule has 0 aliphatic rings. The number of hydrogen-bond donors (Lipinski definition) is 0. The molecule has 0 bridgehead atoms. The molecule has 0 unspecified atom stereocenters. The molecule has 1 heterocycles. The van der Waals surface area contributed by atoms with Gasteiger partial charge < -0.3 is 9.30 Å². The summed E-state index contributed by atoms with van der Waals surface area (Å²) in [6, 6.07) is 11.9. The topological polar surface area (TPSA) is 27.1 Å². The number of nitrogens with zero attached hydrogens (tertiary/aromatic N) is 2. The van der Waals surface area contributed by atoms with Gasteiger partial charge >= 0.3 is 0 Å². The number of halogens is 1. The lowest BCUT2D eigenvalue weighted by molar-refractivity contribution is 0.302. The molecule has 3 aromatic rings. The monoisotopic (exact) mass is 314 g/mol. The first-order valence-electron chi connectivity index (χ1n) is 7.44. The van der Waals surface area contributed by atoms with E-state index in [1.54, 1.807) is 0 Å². The molecule has 0 saturated heterocycles. The zero-order valence-corrected chi connectivity index (χ0v) is 13.6. The average molecular weight is 315 g/mol. The number of rotatable bonds is 5. The molecule has 0 N–H and O–H groups in total. The summed E-state index contributed by atoms with van der Waals surface area (Å²) in [5.41, 5.74) is 4.80. The second-order valence-electron chi connectivity index (χ2n) is 5.50. The Labute approximate surface area is 135 Å². The van der Waals surface area contributed by atoms with Crippen molar-refractivity contribution in [2.24, 2.45) is 0 Å². The van der Waals surface area contributed by atoms with E-state index in [9.17, 15) is 0 Å². The normalized spacial score (nSPS) is 11.0. The highest BCUT2D eigenvalue weighted by molar-refractivity contribution is 6.32. The van der Waals surface area contributed by atoms with Crippen molar-refractivity contribution in [3.8, 4) is 5.75 Å². The van der Waals surface area contributed by atoms with Crippen LogP contribution in [0.15, 0.2) is 42.7 Å². The molecule has 3 rings (SSSR count). The van der Waals surface area contributed by atoms with Gasteiger partial charge in [-0.25, -0.2) is 4.98 Å². The quantitative estimate of drug-likeness (QED) is 0.634. The summed E-state index contributed by atoms with van der Waals surface area (Å²) in [4.78, 5) is 4.47. The minimum Gasteiger partial charge on any atom is -0.492 e. The van der Waals surface area contributed by atoms with E-state index in [4.69, 9.17) is 16.3 Å². The van der Waals surface area contributed by atoms with Crippen LogP contribution in [-0.2, 0) is 6.54 Å². The Kier molecular flexibility index (Phi) is 4.34. The Bertz CT molecular complexity index is 795. The van der Waals surface area contributed by atoms with Crippen LogP contribution in [0, 0.1) is 13.8 Å². The van der Waals surface area contributed by atoms with Gasteiger partial charge in [-0.2, -0.15) is 0 Å². The fraction of sp³-hybridized carbons (Fsp3) is 0.278. The molecule has 0 radical (unpaired) electrons. The molecule has 0 aliphatic heterocycles. The van der Waals surface area contributed by atoms with Gasteiger partial charge in [0.05, 0.1) is 29.0 Å². The van der Waals surface area contributed by atoms with E-state index in [1.165, 1.54) is 16.6 Å². The molecule has 0 aliphatic carbocycles. The third kappa shape index (κ3) is 3.09. The zero-order valence-electron chi connectivity index (χ0n) is 12.8. The number of hydrogen-bond acceptors (Lipinski definition) is 2. The van der Waals surface area contributed by atoms with E-state index >= 15 is 0 Å². The summed E-state index contributed by atoms with van der Waals surface area (Å²) in [7, 11) is 0. The lowest BCUT2D eigenvalue weighted by Crippen LogP contribution is -2.04. The first-order valence-corrected chi connectivity index (χ1v) is 7.82. The van der Waals surface area contributed by atoms with Gasteiger partial charge in [-0.05, 0) is 55.7 Å². The highest BCUT2D eigenvalue weighted by atomic mass is 35.5. The highest BCUT2D eigenvalue weighted by Gasteiger charge is 2.05. The standard InChI is InChI=1S/C18H19ClN2O/c1-13-10-16-17(11-14(13)2)21(12-20-16)8-5-9-22-18-7-4-3-6-15(18)19/h3-4,6-7,10-12H,5,8-9H2,1-2H3. The molecule has 0 amide bonds. The van der Waals surface area contributed by atoms with Crippen LogP contribution in [0.5, 0.6) is 5.75 Å². The summed E-state index contributed by atoms with van der Waals surface area (Å²) >= 11 is 6.07. The predicted octanol–water partition coefficient (Wildman–Crippen LogP) is 4.78. The number of aromatic nitrogens is 2. The van der Waals surface area contributed by atoms with Crippen molar-refractivity contribution in [2.75, 3.05) is 6.61 Å². The lowest BCUT2D eigenvalue weighted by Gasteiger charge is -2.09. The fourth-order valence-corrected chi connectivity index (χ4v) is 2.66. The maximum absolute atomic E-state index is 6.07. The summed E-state index contributed by atoms with van der Waals surface area (Å²) in [5.74, 6) is 0.742. The Balaban J connectivity index is 1.62. The summed E-state index contributed by atoms with van der Waals surface area (Å²) in [5, 5.41) is 0.654. The van der Waals surface area contributed by atoms with E-state index in [0.717, 1.165) is 24.2 Å². The van der Waals surface area contributed by atoms with E-state index in [0.29, 0.717) is 11.6 Å². The number of imidazole rings is 1. The van der Waals surface area contributed by atoms with Crippen molar-refractivity contribution in [3.63, 3.8) is 0 Å². The van der Waals surface area contributed by atoms with Gasteiger partial charge in [0.2, 0.25) is 0 Å². The van der Waals surface area contributed by atoms with Crippen LogP contribution in [0.25, 0.3) is 11.0 Å². The van der Waals surface area contributed by atoms with Gasteiger partial charge in [-0.3, -0.25) is 0 Å². The fourth-order valence-electron chi connectivity index (χ4n) is 2.47. The summed E-state index contributed by atoms with van der Waals surface area (Å²) < 4.78 is 7.90. The largest absolute Gasteiger partial charge is 0.492 e. The van der Waals surface area contributed by atoms with Gasteiger partial charge in [0.25, 0.3) is 0 Å². The Morgan fingerprint density at radius 1 is 1.14 bits per heavy atom. The van der Waals surface area contributed by atoms with Gasteiger partial charge in [0.15, 0.2) is 0 Å². The van der Waals surface area contributed by atoms with Crippen LogP contribution < -0.4 is 4.74 Å². The molecule has 0 saturated carbocycles. The second-order valence-corrected chi connectivity index (χ2v) is 5.90. The van der Waals surface area contributed by atoms with Crippen molar-refractivity contribution in [1.82, 2.24) is 9.55 Å². The van der Waals surface area contributed by atoms with Gasteiger partial charge in [-0.1, -0.05) is 23.7 Å². The Morgan fingerprint density at radius 2 is 1.91 bits per heavy atom. The van der Waals surface area contributed by atoms with Crippen LogP contribution in [0.4, 0.5) is 0 Å². The van der Waals surface area contributed by atoms with E-state index in [1.807, 2.05) is 30.6 Å². The van der Waals surface area contributed by atoms with E-state index in [2.05, 4.69) is 35.5 Å². The minimum absolute atomic E-state index is 0.633. The van der Waals surface area contributed by atoms with Crippen molar-refractivity contribution < 1.29 is 4.74 Å². The Morgan fingerprint density at radius 3 is 2.73 bits per heavy atom. The first-order chi connectivity index (χ1) is 10.6. The molecule has 0 spiro atoms. The first kappa shape index (κ1) is 14.9. The molecule has 114 valence electrons. The third-order valence-electron chi connectivity index (χ3n) is 3.87. The predicted molar refractivity (Wildman–Crippen MR) is 90.8 cm³/mol. The zero-order chi connectivity index (χ0) is 15.5. The third-order valence-corrected chi connectivity index (χ3v) is 4.19. The molecule has 3 nitrogen and oxygen atoms in total. The molecule has 22 heavy (non-hydrogen) atoms. The van der Waals surface area contributed by atoms with Crippen LogP contribution in [0.1, 0.15) is 17.5 Å². The second kappa shape index (κ2) is 6.41. The molecule has 4 heteroatoms. The van der Waals surface area contributed by atoms with Crippen molar-refractivity contribution >= 4 is 22.6 Å². The molecule has 0 atom stereocenters. The van der Waals surface area contributed by atoms with E-state index < -0.39 is 0 Å². The smallest absolute Gasteiger partial charge is 0.137 e. The molecule has 0 fully saturated rings. The van der Waals surface area contributed by atoms with Crippen LogP contribution in [-0.4, -0.2) is 16.2 Å². The van der Waals surface area contributed by atoms with Crippen LogP contribution >= 0.6 is 11.6 Å². The van der Waals surface area contributed by atoms with Gasteiger partial charge in [-0.15, -0.1) is 0 Å². The average Bonchev–Trinajstić information content (AvgIpc) is 2.88. The SMILES string of the molecule is Cc1cc2ncn(CCCOc3ccccc3Cl)c2cc1C. The van der Waals surface area contributed by atoms with Gasteiger partial charge in [0.1, 0.15) is 5.75 Å². The summed E-state index contributed by atoms with van der Waals surface area (Å²) in [6.45, 7) is 5.76. The number of aryl methyl sites for hydroxylation is 3.